The predicted octanol–water partition coefficient (Wildman–Crippen LogP) is 2.92. The molecule has 0 atom stereocenters. The summed E-state index contributed by atoms with van der Waals surface area (Å²) in [5, 5.41) is 0. The molecule has 0 aliphatic rings. The Hall–Kier alpha value is 1.75. The van der Waals surface area contributed by atoms with E-state index in [0.29, 0.717) is 5.41 Å². The maximum atomic E-state index is 5.75. The topological polar surface area (TPSA) is 23.8 Å². The molecule has 0 aromatic rings. The van der Waals surface area contributed by atoms with E-state index in [2.05, 4.69) is 34.1 Å². The van der Waals surface area contributed by atoms with Crippen LogP contribution in [0.3, 0.4) is 0 Å². The van der Waals surface area contributed by atoms with Crippen molar-refractivity contribution in [1.29, 1.82) is 0 Å². The first kappa shape index (κ1) is 22.6. The molecule has 0 aliphatic carbocycles. The van der Waals surface area contributed by atoms with Gasteiger partial charge in [0, 0.05) is 32.7 Å². The molecule has 0 aromatic carbocycles. The fraction of sp³-hybridized carbons (Fsp3) is 0.857. The molecule has 0 amide bonds. The van der Waals surface area contributed by atoms with Crippen molar-refractivity contribution in [1.82, 2.24) is 0 Å². The van der Waals surface area contributed by atoms with E-state index in [0.717, 1.165) is 0 Å². The number of hydrogen-bond acceptors (Lipinski definition) is 0. The summed E-state index contributed by atoms with van der Waals surface area (Å²) >= 11 is 0. The molecular formula is C7H17NWY. The molecule has 0 aliphatic heterocycles. The summed E-state index contributed by atoms with van der Waals surface area (Å²) in [7, 11) is 1.25. The van der Waals surface area contributed by atoms with Gasteiger partial charge >= 0.3 is 21.1 Å². The predicted molar refractivity (Wildman–Crippen MR) is 39.7 cm³/mol. The molecule has 0 rings (SSSR count). The average Bonchev–Trinajstić information content (AvgIpc) is 1.71. The van der Waals surface area contributed by atoms with Gasteiger partial charge in [-0.1, -0.05) is 20.8 Å². The molecular weight excluding hydrogens is 371 g/mol. The Kier molecular flexibility index (Phi) is 30.2. The van der Waals surface area contributed by atoms with Gasteiger partial charge in [-0.3, -0.25) is 0 Å². The van der Waals surface area contributed by atoms with Gasteiger partial charge in [0.05, 0.1) is 0 Å². The molecule has 0 heterocycles. The summed E-state index contributed by atoms with van der Waals surface area (Å²) in [6.45, 7) is 8.65. The monoisotopic (exact) mass is 388 g/mol. The van der Waals surface area contributed by atoms with Crippen molar-refractivity contribution in [3.63, 3.8) is 0 Å². The zero-order chi connectivity index (χ0) is 7.21. The molecule has 0 bridgehead atoms. The summed E-state index contributed by atoms with van der Waals surface area (Å²) in [5.74, 6) is 0. The summed E-state index contributed by atoms with van der Waals surface area (Å²) in [6, 6.07) is 0. The van der Waals surface area contributed by atoms with Gasteiger partial charge in [-0.25, -0.2) is 0 Å². The van der Waals surface area contributed by atoms with Gasteiger partial charge in [0.15, 0.2) is 0 Å². The van der Waals surface area contributed by atoms with Gasteiger partial charge in [-0.05, 0) is 0 Å². The van der Waals surface area contributed by atoms with Gasteiger partial charge in [0.1, 0.15) is 0 Å². The maximum Gasteiger partial charge on any atom is 2.00 e. The van der Waals surface area contributed by atoms with Gasteiger partial charge in [0.2, 0.25) is 0 Å². The summed E-state index contributed by atoms with van der Waals surface area (Å²) in [4.78, 5) is 0. The van der Waals surface area contributed by atoms with Crippen molar-refractivity contribution < 1.29 is 53.8 Å². The Balaban J connectivity index is -0.0000000412. The number of hydrogen-bond donors (Lipinski definition) is 0. The summed E-state index contributed by atoms with van der Waals surface area (Å²) in [6.07, 6.45) is 2.19. The second-order valence-corrected chi connectivity index (χ2v) is 2.65. The van der Waals surface area contributed by atoms with Crippen molar-refractivity contribution in [2.75, 3.05) is 7.05 Å². The van der Waals surface area contributed by atoms with Crippen LogP contribution in [-0.2, 0) is 53.8 Å². The molecule has 0 aromatic heterocycles. The van der Waals surface area contributed by atoms with Gasteiger partial charge in [0.25, 0.3) is 0 Å². The average molecular weight is 388 g/mol. The third-order valence-electron chi connectivity index (χ3n) is 0.866. The van der Waals surface area contributed by atoms with Crippen molar-refractivity contribution >= 4 is 0 Å². The fourth-order valence-corrected chi connectivity index (χ4v) is 0. The van der Waals surface area contributed by atoms with Crippen LogP contribution in [0.4, 0.5) is 0 Å². The van der Waals surface area contributed by atoms with Crippen LogP contribution in [0.1, 0.15) is 27.7 Å². The first-order valence-electron chi connectivity index (χ1n) is 2.87. The molecule has 0 saturated heterocycles. The van der Waals surface area contributed by atoms with Crippen LogP contribution < -0.4 is 0 Å². The molecule has 1 radical (unpaired) electrons. The Morgan fingerprint density at radius 1 is 1.10 bits per heavy atom. The van der Waals surface area contributed by atoms with E-state index in [4.69, 9.17) is 5.73 Å². The molecule has 10 heavy (non-hydrogen) atoms. The second kappa shape index (κ2) is 13.3. The van der Waals surface area contributed by atoms with E-state index in [1.165, 1.54) is 7.05 Å². The van der Waals surface area contributed by atoms with Crippen LogP contribution in [0.2, 0.25) is 0 Å². The molecule has 3 heteroatoms. The van der Waals surface area contributed by atoms with E-state index in [-0.39, 0.29) is 53.8 Å². The summed E-state index contributed by atoms with van der Waals surface area (Å²) < 4.78 is 0. The molecule has 1 N–H and O–H groups in total. The van der Waals surface area contributed by atoms with E-state index in [1.54, 1.807) is 0 Å². The van der Waals surface area contributed by atoms with E-state index in [1.807, 2.05) is 0 Å². The Morgan fingerprint density at radius 3 is 1.20 bits per heavy atom. The van der Waals surface area contributed by atoms with Crippen LogP contribution in [0.5, 0.6) is 0 Å². The van der Waals surface area contributed by atoms with Crippen LogP contribution in [0.25, 0.3) is 5.73 Å². The first-order chi connectivity index (χ1) is 3.56. The van der Waals surface area contributed by atoms with Crippen molar-refractivity contribution in [3.8, 4) is 0 Å². The van der Waals surface area contributed by atoms with E-state index in [9.17, 15) is 0 Å². The zero-order valence-electron chi connectivity index (χ0n) is 7.56. The van der Waals surface area contributed by atoms with Gasteiger partial charge in [-0.2, -0.15) is 19.4 Å². The van der Waals surface area contributed by atoms with Crippen molar-refractivity contribution in [2.45, 2.75) is 27.7 Å². The maximum absolute atomic E-state index is 5.75. The number of nitrogens with one attached hydrogen (secondary N) is 1. The van der Waals surface area contributed by atoms with Gasteiger partial charge in [-0.15, -0.1) is 0 Å². The fourth-order valence-electron chi connectivity index (χ4n) is 0. The zero-order valence-corrected chi connectivity index (χ0v) is 13.3. The van der Waals surface area contributed by atoms with Crippen LogP contribution >= 0.6 is 0 Å². The van der Waals surface area contributed by atoms with Crippen LogP contribution in [0, 0.1) is 11.8 Å². The standard InChI is InChI=1S/C6H13.CH4N.W.Y/c1-5-6(2,3)4;1-2;;/h5H,1-4H3;2H,1H3;;/q2*-1;+2;. The molecule has 59 valence electrons. The molecule has 0 saturated carbocycles. The molecule has 0 unspecified atom stereocenters. The minimum Gasteiger partial charge on any atom is -0.680 e. The summed E-state index contributed by atoms with van der Waals surface area (Å²) in [5.41, 5.74) is 6.17. The van der Waals surface area contributed by atoms with Crippen molar-refractivity contribution in [2.24, 2.45) is 5.41 Å². The second-order valence-electron chi connectivity index (χ2n) is 2.65. The van der Waals surface area contributed by atoms with E-state index >= 15 is 0 Å². The molecule has 1 nitrogen and oxygen atoms in total. The largest absolute Gasteiger partial charge is 2.00 e. The van der Waals surface area contributed by atoms with Crippen molar-refractivity contribution in [3.05, 3.63) is 12.2 Å². The smallest absolute Gasteiger partial charge is 0.680 e. The number of rotatable bonds is 0. The Labute approximate surface area is 105 Å². The third-order valence-corrected chi connectivity index (χ3v) is 0.866. The Morgan fingerprint density at radius 2 is 1.20 bits per heavy atom. The third kappa shape index (κ3) is 33.1. The minimum atomic E-state index is 0. The Bertz CT molecular complexity index is 43.4. The minimum absolute atomic E-state index is 0. The van der Waals surface area contributed by atoms with E-state index < -0.39 is 0 Å². The molecule has 0 spiro atoms. The first-order valence-corrected chi connectivity index (χ1v) is 2.87. The van der Waals surface area contributed by atoms with Gasteiger partial charge < -0.3 is 12.2 Å². The normalized spacial score (nSPS) is 7.80. The SMILES string of the molecule is C[CH-]C(C)(C)C.C[NH-].[W+2].[Y]. The van der Waals surface area contributed by atoms with Crippen LogP contribution in [0.15, 0.2) is 0 Å². The quantitative estimate of drug-likeness (QED) is 0.571. The molecule has 0 fully saturated rings. The van der Waals surface area contributed by atoms with Crippen LogP contribution in [-0.4, -0.2) is 7.05 Å².